The Kier molecular flexibility index (Phi) is 4.21. The lowest BCUT2D eigenvalue weighted by atomic mass is 10.2. The fraction of sp³-hybridized carbons (Fsp3) is 0.455. The summed E-state index contributed by atoms with van der Waals surface area (Å²) in [7, 11) is -4.84. The minimum Gasteiger partial charge on any atom is -0.386 e. The van der Waals surface area contributed by atoms with E-state index in [1.54, 1.807) is 6.92 Å². The maximum atomic E-state index is 13.6. The van der Waals surface area contributed by atoms with Crippen LogP contribution in [0.15, 0.2) is 35.2 Å². The van der Waals surface area contributed by atoms with Crippen molar-refractivity contribution in [1.29, 1.82) is 0 Å². The molecule has 0 saturated heterocycles. The molecule has 3 nitrogen and oxygen atoms in total. The zero-order valence-corrected chi connectivity index (χ0v) is 10.1. The van der Waals surface area contributed by atoms with Crippen LogP contribution < -0.4 is 0 Å². The van der Waals surface area contributed by atoms with Crippen molar-refractivity contribution in [2.45, 2.75) is 36.0 Å². The molecule has 0 aliphatic heterocycles. The second-order valence-corrected chi connectivity index (χ2v) is 5.71. The van der Waals surface area contributed by atoms with Gasteiger partial charge in [-0.2, -0.15) is 8.78 Å². The van der Waals surface area contributed by atoms with E-state index in [1.807, 2.05) is 0 Å². The molecule has 0 fully saturated rings. The largest absolute Gasteiger partial charge is 0.386 e. The van der Waals surface area contributed by atoms with Crippen molar-refractivity contribution in [3.05, 3.63) is 30.3 Å². The molecule has 0 spiro atoms. The van der Waals surface area contributed by atoms with Crippen LogP contribution in [-0.4, -0.2) is 24.9 Å². The van der Waals surface area contributed by atoms with Gasteiger partial charge in [-0.25, -0.2) is 8.42 Å². The van der Waals surface area contributed by atoms with Gasteiger partial charge < -0.3 is 5.11 Å². The van der Waals surface area contributed by atoms with E-state index in [1.165, 1.54) is 18.2 Å². The van der Waals surface area contributed by atoms with E-state index in [-0.39, 0.29) is 12.8 Å². The molecule has 0 saturated carbocycles. The molecule has 1 aromatic rings. The zero-order chi connectivity index (χ0) is 13.1. The van der Waals surface area contributed by atoms with Crippen LogP contribution in [0.2, 0.25) is 0 Å². The van der Waals surface area contributed by atoms with E-state index in [9.17, 15) is 22.3 Å². The van der Waals surface area contributed by atoms with Crippen molar-refractivity contribution < 1.29 is 22.3 Å². The fourth-order valence-electron chi connectivity index (χ4n) is 1.38. The van der Waals surface area contributed by atoms with Gasteiger partial charge in [0.15, 0.2) is 0 Å². The van der Waals surface area contributed by atoms with Crippen molar-refractivity contribution in [3.63, 3.8) is 0 Å². The normalized spacial score (nSPS) is 14.6. The highest BCUT2D eigenvalue weighted by Crippen LogP contribution is 2.33. The number of aliphatic hydroxyl groups excluding tert-OH is 1. The lowest BCUT2D eigenvalue weighted by molar-refractivity contribution is -0.0454. The molecule has 0 amide bonds. The SMILES string of the molecule is CCC[C@@H](O)C(F)(F)S(=O)(=O)c1ccccc1. The molecule has 1 aromatic carbocycles. The van der Waals surface area contributed by atoms with E-state index in [4.69, 9.17) is 0 Å². The van der Waals surface area contributed by atoms with Crippen molar-refractivity contribution in [3.8, 4) is 0 Å². The van der Waals surface area contributed by atoms with Crippen LogP contribution in [-0.2, 0) is 9.84 Å². The van der Waals surface area contributed by atoms with Gasteiger partial charge in [0.05, 0.1) is 4.90 Å². The summed E-state index contributed by atoms with van der Waals surface area (Å²) in [6.45, 7) is 1.59. The number of hydrogen-bond acceptors (Lipinski definition) is 3. The summed E-state index contributed by atoms with van der Waals surface area (Å²) in [6, 6.07) is 6.41. The Bertz CT molecular complexity index is 457. The molecule has 0 aliphatic rings. The summed E-state index contributed by atoms with van der Waals surface area (Å²) in [5, 5.41) is 5.08. The van der Waals surface area contributed by atoms with Gasteiger partial charge in [0, 0.05) is 0 Å². The van der Waals surface area contributed by atoms with Gasteiger partial charge >= 0.3 is 5.25 Å². The zero-order valence-electron chi connectivity index (χ0n) is 9.31. The smallest absolute Gasteiger partial charge is 0.375 e. The Balaban J connectivity index is 3.14. The number of aliphatic hydroxyl groups is 1. The summed E-state index contributed by atoms with van der Waals surface area (Å²) < 4.78 is 50.6. The molecule has 17 heavy (non-hydrogen) atoms. The summed E-state index contributed by atoms with van der Waals surface area (Å²) >= 11 is 0. The minimum atomic E-state index is -4.84. The third kappa shape index (κ3) is 2.63. The van der Waals surface area contributed by atoms with E-state index in [0.29, 0.717) is 0 Å². The second kappa shape index (κ2) is 5.10. The molecule has 1 atom stereocenters. The first-order valence-electron chi connectivity index (χ1n) is 5.19. The number of halogens is 2. The highest BCUT2D eigenvalue weighted by Gasteiger charge is 2.51. The van der Waals surface area contributed by atoms with Gasteiger partial charge in [0.25, 0.3) is 0 Å². The second-order valence-electron chi connectivity index (χ2n) is 3.68. The molecule has 0 radical (unpaired) electrons. The van der Waals surface area contributed by atoms with E-state index in [0.717, 1.165) is 12.1 Å². The molecule has 6 heteroatoms. The van der Waals surface area contributed by atoms with Crippen LogP contribution in [0, 0.1) is 0 Å². The van der Waals surface area contributed by atoms with Crippen molar-refractivity contribution in [2.75, 3.05) is 0 Å². The van der Waals surface area contributed by atoms with Crippen molar-refractivity contribution in [2.24, 2.45) is 0 Å². The number of sulfone groups is 1. The quantitative estimate of drug-likeness (QED) is 0.887. The first kappa shape index (κ1) is 14.1. The number of hydrogen-bond donors (Lipinski definition) is 1. The van der Waals surface area contributed by atoms with Gasteiger partial charge in [0.2, 0.25) is 9.84 Å². The van der Waals surface area contributed by atoms with E-state index in [2.05, 4.69) is 0 Å². The summed E-state index contributed by atoms with van der Waals surface area (Å²) in [5.41, 5.74) is 0. The Hall–Kier alpha value is -1.01. The van der Waals surface area contributed by atoms with Gasteiger partial charge in [-0.15, -0.1) is 0 Å². The first-order valence-corrected chi connectivity index (χ1v) is 6.68. The maximum Gasteiger partial charge on any atom is 0.375 e. The van der Waals surface area contributed by atoms with Gasteiger partial charge in [-0.05, 0) is 18.6 Å². The molecular formula is C11H14F2O3S. The Morgan fingerprint density at radius 2 is 1.82 bits per heavy atom. The first-order chi connectivity index (χ1) is 7.84. The Labute approximate surface area is 99.0 Å². The average molecular weight is 264 g/mol. The van der Waals surface area contributed by atoms with E-state index < -0.39 is 26.1 Å². The van der Waals surface area contributed by atoms with Gasteiger partial charge in [-0.3, -0.25) is 0 Å². The standard InChI is InChI=1S/C11H14F2O3S/c1-2-6-10(14)11(12,13)17(15,16)9-7-4-3-5-8-9/h3-5,7-8,10,14H,2,6H2,1H3/t10-/m1/s1. The Morgan fingerprint density at radius 1 is 1.29 bits per heavy atom. The monoisotopic (exact) mass is 264 g/mol. The molecule has 96 valence electrons. The predicted octanol–water partition coefficient (Wildman–Crippen LogP) is 2.21. The van der Waals surface area contributed by atoms with Crippen LogP contribution in [0.1, 0.15) is 19.8 Å². The summed E-state index contributed by atoms with van der Waals surface area (Å²) in [4.78, 5) is -0.486. The number of benzene rings is 1. The third-order valence-electron chi connectivity index (χ3n) is 2.36. The molecule has 0 bridgehead atoms. The fourth-order valence-corrected chi connectivity index (χ4v) is 2.68. The van der Waals surface area contributed by atoms with Gasteiger partial charge in [-0.1, -0.05) is 31.5 Å². The molecule has 0 unspecified atom stereocenters. The minimum absolute atomic E-state index is 0.265. The van der Waals surface area contributed by atoms with Gasteiger partial charge in [0.1, 0.15) is 6.10 Å². The highest BCUT2D eigenvalue weighted by atomic mass is 32.2. The van der Waals surface area contributed by atoms with Crippen molar-refractivity contribution in [1.82, 2.24) is 0 Å². The van der Waals surface area contributed by atoms with Crippen molar-refractivity contribution >= 4 is 9.84 Å². The Morgan fingerprint density at radius 3 is 2.29 bits per heavy atom. The average Bonchev–Trinajstić information content (AvgIpc) is 2.30. The maximum absolute atomic E-state index is 13.6. The predicted molar refractivity (Wildman–Crippen MR) is 59.5 cm³/mol. The topological polar surface area (TPSA) is 54.4 Å². The molecule has 0 aromatic heterocycles. The lowest BCUT2D eigenvalue weighted by Crippen LogP contribution is -2.41. The summed E-state index contributed by atoms with van der Waals surface area (Å²) in [5.74, 6) is 0. The molecule has 0 aliphatic carbocycles. The van der Waals surface area contributed by atoms with Crippen LogP contribution in [0.5, 0.6) is 0 Å². The molecule has 0 heterocycles. The van der Waals surface area contributed by atoms with Crippen LogP contribution in [0.25, 0.3) is 0 Å². The number of rotatable bonds is 5. The lowest BCUT2D eigenvalue weighted by Gasteiger charge is -2.22. The number of alkyl halides is 2. The molecule has 1 rings (SSSR count). The van der Waals surface area contributed by atoms with Crippen LogP contribution in [0.3, 0.4) is 0 Å². The van der Waals surface area contributed by atoms with Crippen LogP contribution >= 0.6 is 0 Å². The van der Waals surface area contributed by atoms with Crippen LogP contribution in [0.4, 0.5) is 8.78 Å². The molecule has 1 N–H and O–H groups in total. The van der Waals surface area contributed by atoms with E-state index >= 15 is 0 Å². The third-order valence-corrected chi connectivity index (χ3v) is 4.24. The highest BCUT2D eigenvalue weighted by molar-refractivity contribution is 7.92. The molecular weight excluding hydrogens is 250 g/mol. The summed E-state index contributed by atoms with van der Waals surface area (Å²) in [6.07, 6.45) is -2.17.